The van der Waals surface area contributed by atoms with Crippen molar-refractivity contribution in [2.75, 3.05) is 0 Å². The predicted octanol–water partition coefficient (Wildman–Crippen LogP) is 1.20. The number of hydrogen-bond acceptors (Lipinski definition) is 4. The van der Waals surface area contributed by atoms with Crippen LogP contribution in [0.25, 0.3) is 11.3 Å². The average molecular weight is 175 g/mol. The zero-order valence-corrected chi connectivity index (χ0v) is 6.97. The summed E-state index contributed by atoms with van der Waals surface area (Å²) in [6.07, 6.45) is 6.44. The third kappa shape index (κ3) is 1.43. The molecule has 2 aromatic rings. The topological polar surface area (TPSA) is 64.9 Å². The molecule has 0 radical (unpaired) electrons. The first-order valence-electron chi connectivity index (χ1n) is 3.93. The molecule has 4 nitrogen and oxygen atoms in total. The van der Waals surface area contributed by atoms with Crippen molar-refractivity contribution in [1.29, 1.82) is 0 Å². The second-order valence-electron chi connectivity index (χ2n) is 2.61. The molecule has 2 N–H and O–H groups in total. The van der Waals surface area contributed by atoms with Crippen molar-refractivity contribution in [3.05, 3.63) is 36.7 Å². The number of nitrogens with two attached hydrogens (primary N) is 1. The van der Waals surface area contributed by atoms with Gasteiger partial charge in [-0.2, -0.15) is 0 Å². The van der Waals surface area contributed by atoms with Crippen LogP contribution < -0.4 is 5.73 Å². The minimum atomic E-state index is 0.454. The lowest BCUT2D eigenvalue weighted by atomic mass is 10.1. The SMILES string of the molecule is NCc1cnccc1-c1cocn1. The Bertz CT molecular complexity index is 384. The van der Waals surface area contributed by atoms with Crippen LogP contribution in [-0.2, 0) is 6.54 Å². The van der Waals surface area contributed by atoms with Crippen LogP contribution >= 0.6 is 0 Å². The fraction of sp³-hybridized carbons (Fsp3) is 0.111. The van der Waals surface area contributed by atoms with Crippen molar-refractivity contribution >= 4 is 0 Å². The first-order chi connectivity index (χ1) is 6.42. The van der Waals surface area contributed by atoms with E-state index < -0.39 is 0 Å². The molecule has 0 aromatic carbocycles. The number of pyridine rings is 1. The Morgan fingerprint density at radius 1 is 1.46 bits per heavy atom. The van der Waals surface area contributed by atoms with Gasteiger partial charge in [0.15, 0.2) is 6.39 Å². The molecule has 0 saturated carbocycles. The normalized spacial score (nSPS) is 10.2. The third-order valence-corrected chi connectivity index (χ3v) is 1.83. The summed E-state index contributed by atoms with van der Waals surface area (Å²) in [5, 5.41) is 0. The van der Waals surface area contributed by atoms with E-state index in [4.69, 9.17) is 10.2 Å². The smallest absolute Gasteiger partial charge is 0.181 e. The standard InChI is InChI=1S/C9H9N3O/c10-3-7-4-11-2-1-8(7)9-5-13-6-12-9/h1-2,4-6H,3,10H2. The zero-order valence-electron chi connectivity index (χ0n) is 6.97. The number of oxazole rings is 1. The Kier molecular flexibility index (Phi) is 2.06. The molecule has 0 aliphatic rings. The van der Waals surface area contributed by atoms with Crippen molar-refractivity contribution in [3.8, 4) is 11.3 Å². The minimum absolute atomic E-state index is 0.454. The molecule has 0 aliphatic carbocycles. The molecule has 2 aromatic heterocycles. The molecule has 0 saturated heterocycles. The van der Waals surface area contributed by atoms with Gasteiger partial charge < -0.3 is 10.2 Å². The molecule has 0 bridgehead atoms. The van der Waals surface area contributed by atoms with Gasteiger partial charge >= 0.3 is 0 Å². The molecule has 0 fully saturated rings. The van der Waals surface area contributed by atoms with Crippen molar-refractivity contribution in [2.24, 2.45) is 5.73 Å². The van der Waals surface area contributed by atoms with E-state index in [0.717, 1.165) is 16.8 Å². The quantitative estimate of drug-likeness (QED) is 0.744. The fourth-order valence-corrected chi connectivity index (χ4v) is 1.19. The summed E-state index contributed by atoms with van der Waals surface area (Å²) in [5.74, 6) is 0. The second-order valence-corrected chi connectivity index (χ2v) is 2.61. The van der Waals surface area contributed by atoms with Gasteiger partial charge in [-0.25, -0.2) is 4.98 Å². The van der Waals surface area contributed by atoms with Crippen LogP contribution in [0.4, 0.5) is 0 Å². The highest BCUT2D eigenvalue weighted by Gasteiger charge is 2.05. The van der Waals surface area contributed by atoms with Crippen LogP contribution in [0.15, 0.2) is 35.5 Å². The Morgan fingerprint density at radius 2 is 2.38 bits per heavy atom. The molecular formula is C9H9N3O. The number of aromatic nitrogens is 2. The van der Waals surface area contributed by atoms with Gasteiger partial charge in [-0.3, -0.25) is 4.98 Å². The summed E-state index contributed by atoms with van der Waals surface area (Å²) >= 11 is 0. The van der Waals surface area contributed by atoms with E-state index in [0.29, 0.717) is 6.54 Å². The van der Waals surface area contributed by atoms with Gasteiger partial charge in [-0.1, -0.05) is 0 Å². The van der Waals surface area contributed by atoms with E-state index in [-0.39, 0.29) is 0 Å². The Morgan fingerprint density at radius 3 is 3.08 bits per heavy atom. The molecule has 4 heteroatoms. The van der Waals surface area contributed by atoms with Crippen LogP contribution in [0.2, 0.25) is 0 Å². The number of hydrogen-bond donors (Lipinski definition) is 1. The van der Waals surface area contributed by atoms with Crippen LogP contribution in [0.1, 0.15) is 5.56 Å². The highest BCUT2D eigenvalue weighted by atomic mass is 16.3. The molecule has 0 amide bonds. The first-order valence-corrected chi connectivity index (χ1v) is 3.93. The first kappa shape index (κ1) is 7.94. The number of nitrogens with zero attached hydrogens (tertiary/aromatic N) is 2. The monoisotopic (exact) mass is 175 g/mol. The van der Waals surface area contributed by atoms with E-state index in [1.807, 2.05) is 6.07 Å². The molecule has 13 heavy (non-hydrogen) atoms. The maximum absolute atomic E-state index is 5.56. The summed E-state index contributed by atoms with van der Waals surface area (Å²) in [6, 6.07) is 1.88. The lowest BCUT2D eigenvalue weighted by Crippen LogP contribution is -1.99. The van der Waals surface area contributed by atoms with E-state index in [1.54, 1.807) is 18.7 Å². The lowest BCUT2D eigenvalue weighted by molar-refractivity contribution is 0.558. The molecule has 0 unspecified atom stereocenters. The highest BCUT2D eigenvalue weighted by Crippen LogP contribution is 2.19. The van der Waals surface area contributed by atoms with E-state index in [2.05, 4.69) is 9.97 Å². The van der Waals surface area contributed by atoms with Gasteiger partial charge in [-0.05, 0) is 11.6 Å². The summed E-state index contributed by atoms with van der Waals surface area (Å²) in [4.78, 5) is 8.03. The average Bonchev–Trinajstić information content (AvgIpc) is 2.70. The summed E-state index contributed by atoms with van der Waals surface area (Å²) in [7, 11) is 0. The minimum Gasteiger partial charge on any atom is -0.451 e. The Labute approximate surface area is 75.4 Å². The predicted molar refractivity (Wildman–Crippen MR) is 47.6 cm³/mol. The van der Waals surface area contributed by atoms with Crippen molar-refractivity contribution in [2.45, 2.75) is 6.54 Å². The molecule has 0 spiro atoms. The molecule has 2 heterocycles. The Hall–Kier alpha value is -1.68. The van der Waals surface area contributed by atoms with Gasteiger partial charge in [0.2, 0.25) is 0 Å². The third-order valence-electron chi connectivity index (χ3n) is 1.83. The van der Waals surface area contributed by atoms with Crippen molar-refractivity contribution < 1.29 is 4.42 Å². The van der Waals surface area contributed by atoms with Crippen LogP contribution in [0, 0.1) is 0 Å². The van der Waals surface area contributed by atoms with Gasteiger partial charge in [-0.15, -0.1) is 0 Å². The maximum Gasteiger partial charge on any atom is 0.181 e. The maximum atomic E-state index is 5.56. The van der Waals surface area contributed by atoms with Crippen LogP contribution in [0.5, 0.6) is 0 Å². The van der Waals surface area contributed by atoms with Gasteiger partial charge in [0.1, 0.15) is 12.0 Å². The summed E-state index contributed by atoms with van der Waals surface area (Å²) in [6.45, 7) is 0.454. The van der Waals surface area contributed by atoms with Crippen LogP contribution in [0.3, 0.4) is 0 Å². The molecular weight excluding hydrogens is 166 g/mol. The van der Waals surface area contributed by atoms with Gasteiger partial charge in [0, 0.05) is 24.5 Å². The molecule has 2 rings (SSSR count). The fourth-order valence-electron chi connectivity index (χ4n) is 1.19. The van der Waals surface area contributed by atoms with Crippen molar-refractivity contribution in [3.63, 3.8) is 0 Å². The number of rotatable bonds is 2. The zero-order chi connectivity index (χ0) is 9.10. The summed E-state index contributed by atoms with van der Waals surface area (Å²) < 4.78 is 4.90. The largest absolute Gasteiger partial charge is 0.451 e. The van der Waals surface area contributed by atoms with E-state index >= 15 is 0 Å². The second kappa shape index (κ2) is 3.37. The lowest BCUT2D eigenvalue weighted by Gasteiger charge is -2.01. The van der Waals surface area contributed by atoms with E-state index in [1.165, 1.54) is 6.39 Å². The highest BCUT2D eigenvalue weighted by molar-refractivity contribution is 5.61. The molecule has 66 valence electrons. The molecule has 0 atom stereocenters. The van der Waals surface area contributed by atoms with Gasteiger partial charge in [0.25, 0.3) is 0 Å². The molecule has 0 aliphatic heterocycles. The van der Waals surface area contributed by atoms with Crippen LogP contribution in [-0.4, -0.2) is 9.97 Å². The summed E-state index contributed by atoms with van der Waals surface area (Å²) in [5.41, 5.74) is 8.30. The van der Waals surface area contributed by atoms with E-state index in [9.17, 15) is 0 Å². The van der Waals surface area contributed by atoms with Crippen molar-refractivity contribution in [1.82, 2.24) is 9.97 Å². The Balaban J connectivity index is 2.51. The van der Waals surface area contributed by atoms with Gasteiger partial charge in [0.05, 0.1) is 0 Å².